The van der Waals surface area contributed by atoms with Crippen LogP contribution in [0.4, 0.5) is 16.2 Å². The highest BCUT2D eigenvalue weighted by Gasteiger charge is 2.17. The Morgan fingerprint density at radius 2 is 2.07 bits per heavy atom. The van der Waals surface area contributed by atoms with Gasteiger partial charge in [0.2, 0.25) is 0 Å². The molecule has 0 unspecified atom stereocenters. The summed E-state index contributed by atoms with van der Waals surface area (Å²) in [6.07, 6.45) is 3.95. The summed E-state index contributed by atoms with van der Waals surface area (Å²) in [6, 6.07) is 9.11. The van der Waals surface area contributed by atoms with Crippen LogP contribution in [0.25, 0.3) is 11.7 Å². The van der Waals surface area contributed by atoms with Crippen LogP contribution in [0.15, 0.2) is 45.5 Å². The van der Waals surface area contributed by atoms with Crippen molar-refractivity contribution < 1.29 is 13.7 Å². The summed E-state index contributed by atoms with van der Waals surface area (Å²) in [6.45, 7) is 4.30. The lowest BCUT2D eigenvalue weighted by Crippen LogP contribution is -2.29. The Morgan fingerprint density at radius 1 is 1.22 bits per heavy atom. The zero-order valence-electron chi connectivity index (χ0n) is 15.1. The predicted molar refractivity (Wildman–Crippen MR) is 100 cm³/mol. The van der Waals surface area contributed by atoms with Gasteiger partial charge < -0.3 is 24.5 Å². The number of aromatic nitrogens is 2. The van der Waals surface area contributed by atoms with E-state index in [0.717, 1.165) is 24.3 Å². The van der Waals surface area contributed by atoms with E-state index in [2.05, 4.69) is 31.7 Å². The van der Waals surface area contributed by atoms with E-state index < -0.39 is 0 Å². The molecule has 1 saturated heterocycles. The number of benzene rings is 1. The Hall–Kier alpha value is -3.29. The number of amides is 2. The third kappa shape index (κ3) is 3.79. The normalized spacial score (nSPS) is 13.7. The second-order valence-corrected chi connectivity index (χ2v) is 6.44. The van der Waals surface area contributed by atoms with Gasteiger partial charge in [-0.15, -0.1) is 0 Å². The molecule has 3 heterocycles. The van der Waals surface area contributed by atoms with Crippen molar-refractivity contribution in [2.24, 2.45) is 0 Å². The van der Waals surface area contributed by atoms with Gasteiger partial charge in [-0.05, 0) is 49.6 Å². The number of carbonyl (C=O) groups excluding carboxylic acids is 1. The lowest BCUT2D eigenvalue weighted by molar-refractivity contribution is 0.251. The van der Waals surface area contributed by atoms with Crippen LogP contribution in [0.1, 0.15) is 24.2 Å². The van der Waals surface area contributed by atoms with Gasteiger partial charge in [-0.25, -0.2) is 4.79 Å². The average molecular weight is 367 g/mol. The van der Waals surface area contributed by atoms with Crippen molar-refractivity contribution in [2.75, 3.05) is 23.3 Å². The zero-order valence-corrected chi connectivity index (χ0v) is 15.1. The summed E-state index contributed by atoms with van der Waals surface area (Å²) in [5, 5.41) is 9.48. The monoisotopic (exact) mass is 367 g/mol. The highest BCUT2D eigenvalue weighted by Crippen LogP contribution is 2.29. The van der Waals surface area contributed by atoms with Crippen LogP contribution in [0.5, 0.6) is 0 Å². The molecule has 0 saturated carbocycles. The number of rotatable bonds is 5. The third-order valence-electron chi connectivity index (χ3n) is 4.61. The fourth-order valence-corrected chi connectivity index (χ4v) is 3.21. The minimum atomic E-state index is -0.318. The smallest absolute Gasteiger partial charge is 0.319 e. The summed E-state index contributed by atoms with van der Waals surface area (Å²) in [4.78, 5) is 18.8. The van der Waals surface area contributed by atoms with Gasteiger partial charge in [0.05, 0.1) is 12.8 Å². The fourth-order valence-electron chi connectivity index (χ4n) is 3.21. The maximum atomic E-state index is 12.3. The molecule has 140 valence electrons. The molecule has 8 nitrogen and oxygen atoms in total. The molecule has 3 aromatic rings. The molecule has 27 heavy (non-hydrogen) atoms. The topological polar surface area (TPSA) is 96.4 Å². The van der Waals surface area contributed by atoms with Gasteiger partial charge in [-0.2, -0.15) is 4.98 Å². The number of urea groups is 1. The van der Waals surface area contributed by atoms with Gasteiger partial charge in [0, 0.05) is 24.5 Å². The molecule has 2 N–H and O–H groups in total. The fraction of sp³-hybridized carbons (Fsp3) is 0.316. The van der Waals surface area contributed by atoms with Gasteiger partial charge in [0.25, 0.3) is 5.89 Å². The SMILES string of the molecule is Cc1c(NC(=O)NCc2noc(-c3ccco3)n2)cccc1N1CCCC1. The number of nitrogens with one attached hydrogen (secondary N) is 2. The molecule has 1 aliphatic rings. The lowest BCUT2D eigenvalue weighted by atomic mass is 10.1. The lowest BCUT2D eigenvalue weighted by Gasteiger charge is -2.22. The summed E-state index contributed by atoms with van der Waals surface area (Å²) in [5.41, 5.74) is 3.03. The molecule has 0 bridgehead atoms. The second kappa shape index (κ2) is 7.53. The van der Waals surface area contributed by atoms with Crippen LogP contribution in [-0.2, 0) is 6.54 Å². The molecule has 0 atom stereocenters. The number of furan rings is 1. The first kappa shape index (κ1) is 17.1. The maximum Gasteiger partial charge on any atom is 0.319 e. The highest BCUT2D eigenvalue weighted by molar-refractivity contribution is 5.91. The van der Waals surface area contributed by atoms with Crippen molar-refractivity contribution >= 4 is 17.4 Å². The van der Waals surface area contributed by atoms with E-state index >= 15 is 0 Å². The Labute approximate surface area is 156 Å². The summed E-state index contributed by atoms with van der Waals surface area (Å²) >= 11 is 0. The minimum Gasteiger partial charge on any atom is -0.459 e. The molecule has 1 aromatic carbocycles. The molecule has 4 rings (SSSR count). The quantitative estimate of drug-likeness (QED) is 0.716. The highest BCUT2D eigenvalue weighted by atomic mass is 16.5. The first-order valence-electron chi connectivity index (χ1n) is 8.96. The van der Waals surface area contributed by atoms with Gasteiger partial charge in [-0.3, -0.25) is 0 Å². The molecule has 0 spiro atoms. The van der Waals surface area contributed by atoms with Crippen molar-refractivity contribution in [1.29, 1.82) is 0 Å². The molecule has 0 aliphatic carbocycles. The van der Waals surface area contributed by atoms with Gasteiger partial charge in [-0.1, -0.05) is 11.2 Å². The standard InChI is InChI=1S/C19H21N5O3/c1-13-14(6-4-7-15(13)24-9-2-3-10-24)21-19(25)20-12-17-22-18(27-23-17)16-8-5-11-26-16/h4-8,11H,2-3,9-10,12H2,1H3,(H2,20,21,25). The second-order valence-electron chi connectivity index (χ2n) is 6.44. The zero-order chi connectivity index (χ0) is 18.6. The minimum absolute atomic E-state index is 0.154. The molecule has 8 heteroatoms. The van der Waals surface area contributed by atoms with E-state index in [1.807, 2.05) is 19.1 Å². The average Bonchev–Trinajstić information content (AvgIpc) is 3.42. The predicted octanol–water partition coefficient (Wildman–Crippen LogP) is 3.56. The molecular formula is C19H21N5O3. The van der Waals surface area contributed by atoms with Crippen LogP contribution in [0.2, 0.25) is 0 Å². The van der Waals surface area contributed by atoms with Crippen LogP contribution >= 0.6 is 0 Å². The molecular weight excluding hydrogens is 346 g/mol. The summed E-state index contributed by atoms with van der Waals surface area (Å²) < 4.78 is 10.3. The number of carbonyl (C=O) groups is 1. The van der Waals surface area contributed by atoms with Crippen LogP contribution < -0.4 is 15.5 Å². The largest absolute Gasteiger partial charge is 0.459 e. The van der Waals surface area contributed by atoms with Crippen molar-refractivity contribution in [2.45, 2.75) is 26.3 Å². The number of anilines is 2. The van der Waals surface area contributed by atoms with Gasteiger partial charge >= 0.3 is 6.03 Å². The molecule has 0 radical (unpaired) electrons. The van der Waals surface area contributed by atoms with E-state index in [1.165, 1.54) is 24.8 Å². The van der Waals surface area contributed by atoms with E-state index in [1.54, 1.807) is 12.1 Å². The molecule has 2 amide bonds. The van der Waals surface area contributed by atoms with Gasteiger partial charge in [0.1, 0.15) is 0 Å². The number of nitrogens with zero attached hydrogens (tertiary/aromatic N) is 3. The first-order valence-corrected chi connectivity index (χ1v) is 8.96. The van der Waals surface area contributed by atoms with Crippen molar-refractivity contribution in [3.63, 3.8) is 0 Å². The van der Waals surface area contributed by atoms with Crippen LogP contribution in [-0.4, -0.2) is 29.3 Å². The maximum absolute atomic E-state index is 12.3. The van der Waals surface area contributed by atoms with Crippen molar-refractivity contribution in [3.05, 3.63) is 48.0 Å². The van der Waals surface area contributed by atoms with E-state index in [-0.39, 0.29) is 18.5 Å². The molecule has 2 aromatic heterocycles. The Morgan fingerprint density at radius 3 is 2.85 bits per heavy atom. The van der Waals surface area contributed by atoms with E-state index in [0.29, 0.717) is 11.6 Å². The Balaban J connectivity index is 1.36. The van der Waals surface area contributed by atoms with Crippen LogP contribution in [0, 0.1) is 6.92 Å². The van der Waals surface area contributed by atoms with Crippen molar-refractivity contribution in [3.8, 4) is 11.7 Å². The first-order chi connectivity index (χ1) is 13.2. The molecule has 1 aliphatic heterocycles. The van der Waals surface area contributed by atoms with Gasteiger partial charge in [0.15, 0.2) is 11.6 Å². The van der Waals surface area contributed by atoms with E-state index in [9.17, 15) is 4.79 Å². The number of hydrogen-bond donors (Lipinski definition) is 2. The molecule has 1 fully saturated rings. The summed E-state index contributed by atoms with van der Waals surface area (Å²) in [7, 11) is 0. The summed E-state index contributed by atoms with van der Waals surface area (Å²) in [5.74, 6) is 1.15. The third-order valence-corrected chi connectivity index (χ3v) is 4.61. The number of hydrogen-bond acceptors (Lipinski definition) is 6. The van der Waals surface area contributed by atoms with Crippen LogP contribution in [0.3, 0.4) is 0 Å². The Bertz CT molecular complexity index is 913. The Kier molecular flexibility index (Phi) is 4.78. The van der Waals surface area contributed by atoms with E-state index in [4.69, 9.17) is 8.94 Å². The van der Waals surface area contributed by atoms with Crippen molar-refractivity contribution in [1.82, 2.24) is 15.5 Å².